The number of benzene rings is 2. The zero-order chi connectivity index (χ0) is 24.8. The summed E-state index contributed by atoms with van der Waals surface area (Å²) >= 11 is 0. The van der Waals surface area contributed by atoms with Crippen molar-refractivity contribution in [3.05, 3.63) is 48.2 Å². The van der Waals surface area contributed by atoms with Crippen molar-refractivity contribution < 1.29 is 23.8 Å². The van der Waals surface area contributed by atoms with Gasteiger partial charge in [0.25, 0.3) is 5.91 Å². The zero-order valence-electron chi connectivity index (χ0n) is 20.1. The molecule has 1 aliphatic heterocycles. The Kier molecular flexibility index (Phi) is 7.84. The first-order chi connectivity index (χ1) is 16.9. The van der Waals surface area contributed by atoms with Crippen LogP contribution in [0.25, 0.3) is 10.9 Å². The van der Waals surface area contributed by atoms with Crippen LogP contribution in [0.3, 0.4) is 0 Å². The third-order valence-corrected chi connectivity index (χ3v) is 6.04. The smallest absolute Gasteiger partial charge is 0.252 e. The molecule has 0 atom stereocenters. The van der Waals surface area contributed by atoms with E-state index in [-0.39, 0.29) is 12.5 Å². The molecule has 186 valence electrons. The Morgan fingerprint density at radius 3 is 2.46 bits per heavy atom. The van der Waals surface area contributed by atoms with E-state index in [1.54, 1.807) is 35.1 Å². The van der Waals surface area contributed by atoms with Gasteiger partial charge in [0, 0.05) is 58.3 Å². The number of carbonyl (C=O) groups is 2. The van der Waals surface area contributed by atoms with Crippen LogP contribution < -0.4 is 15.2 Å². The predicted octanol–water partition coefficient (Wildman–Crippen LogP) is 2.02. The van der Waals surface area contributed by atoms with Crippen LogP contribution in [0.4, 0.5) is 0 Å². The van der Waals surface area contributed by atoms with Gasteiger partial charge in [-0.15, -0.1) is 0 Å². The lowest BCUT2D eigenvalue weighted by Gasteiger charge is -2.34. The zero-order valence-corrected chi connectivity index (χ0v) is 20.1. The number of ether oxygens (including phenoxy) is 3. The number of nitrogens with zero attached hydrogens (tertiary/aromatic N) is 4. The lowest BCUT2D eigenvalue weighted by atomic mass is 10.1. The Balaban J connectivity index is 1.25. The van der Waals surface area contributed by atoms with Crippen molar-refractivity contribution in [2.75, 3.05) is 53.0 Å². The van der Waals surface area contributed by atoms with Crippen LogP contribution in [0, 0.1) is 0 Å². The van der Waals surface area contributed by atoms with Gasteiger partial charge in [0.15, 0.2) is 0 Å². The molecule has 2 amide bonds. The van der Waals surface area contributed by atoms with Crippen LogP contribution >= 0.6 is 0 Å². The fraction of sp³-hybridized carbons (Fsp3) is 0.400. The highest BCUT2D eigenvalue weighted by Crippen LogP contribution is 2.30. The summed E-state index contributed by atoms with van der Waals surface area (Å²) in [7, 11) is 3.36. The summed E-state index contributed by atoms with van der Waals surface area (Å²) in [4.78, 5) is 28.0. The minimum absolute atomic E-state index is 0.0475. The van der Waals surface area contributed by atoms with Crippen molar-refractivity contribution in [1.82, 2.24) is 19.6 Å². The number of aryl methyl sites for hydroxylation is 1. The molecule has 1 saturated heterocycles. The summed E-state index contributed by atoms with van der Waals surface area (Å²) in [6, 6.07) is 10.7. The predicted molar refractivity (Wildman–Crippen MR) is 131 cm³/mol. The van der Waals surface area contributed by atoms with Gasteiger partial charge in [-0.25, -0.2) is 0 Å². The average Bonchev–Trinajstić information content (AvgIpc) is 3.22. The second-order valence-corrected chi connectivity index (χ2v) is 8.47. The van der Waals surface area contributed by atoms with Crippen LogP contribution in [0.15, 0.2) is 42.6 Å². The minimum atomic E-state index is -0.561. The maximum atomic E-state index is 11.9. The molecule has 0 aliphatic carbocycles. The summed E-state index contributed by atoms with van der Waals surface area (Å²) < 4.78 is 18.5. The number of nitrogens with two attached hydrogens (primary N) is 1. The molecule has 2 N–H and O–H groups in total. The third-order valence-electron chi connectivity index (χ3n) is 6.04. The van der Waals surface area contributed by atoms with Gasteiger partial charge < -0.3 is 24.8 Å². The van der Waals surface area contributed by atoms with E-state index in [0.29, 0.717) is 23.7 Å². The lowest BCUT2D eigenvalue weighted by Crippen LogP contribution is -2.49. The van der Waals surface area contributed by atoms with Gasteiger partial charge in [0.2, 0.25) is 5.91 Å². The molecule has 0 saturated carbocycles. The molecule has 1 aromatic heterocycles. The third kappa shape index (κ3) is 6.09. The van der Waals surface area contributed by atoms with E-state index in [0.717, 1.165) is 55.8 Å². The Morgan fingerprint density at radius 2 is 1.77 bits per heavy atom. The molecule has 2 aromatic carbocycles. The summed E-state index contributed by atoms with van der Waals surface area (Å²) in [6.07, 6.45) is 2.57. The maximum Gasteiger partial charge on any atom is 0.252 e. The number of primary amides is 1. The van der Waals surface area contributed by atoms with Crippen molar-refractivity contribution in [3.8, 4) is 17.2 Å². The largest absolute Gasteiger partial charge is 0.494 e. The van der Waals surface area contributed by atoms with Crippen LogP contribution in [0.5, 0.6) is 17.2 Å². The van der Waals surface area contributed by atoms with E-state index in [9.17, 15) is 9.59 Å². The van der Waals surface area contributed by atoms with Crippen molar-refractivity contribution >= 4 is 22.7 Å². The summed E-state index contributed by atoms with van der Waals surface area (Å²) in [6.45, 7) is 4.83. The van der Waals surface area contributed by atoms with E-state index < -0.39 is 5.91 Å². The van der Waals surface area contributed by atoms with Crippen molar-refractivity contribution in [2.45, 2.75) is 6.42 Å². The Labute approximate surface area is 204 Å². The number of fused-ring (bicyclic) bond motifs is 1. The average molecular weight is 482 g/mol. The molecule has 10 heteroatoms. The van der Waals surface area contributed by atoms with Crippen molar-refractivity contribution in [3.63, 3.8) is 0 Å². The molecule has 0 bridgehead atoms. The van der Waals surface area contributed by atoms with Gasteiger partial charge >= 0.3 is 0 Å². The second kappa shape index (κ2) is 11.2. The molecule has 2 heterocycles. The van der Waals surface area contributed by atoms with Gasteiger partial charge in [-0.05, 0) is 36.8 Å². The summed E-state index contributed by atoms with van der Waals surface area (Å²) in [5.41, 5.74) is 6.69. The van der Waals surface area contributed by atoms with Crippen LogP contribution in [0.2, 0.25) is 0 Å². The molecule has 10 nitrogen and oxygen atoms in total. The van der Waals surface area contributed by atoms with Gasteiger partial charge in [0.1, 0.15) is 23.9 Å². The maximum absolute atomic E-state index is 11.9. The SMILES string of the molecule is COCC(=O)N1CCN(CCCOc2ccc(Oc3cc4c(cnn4C)cc3C(N)=O)cc2)CC1. The quantitative estimate of drug-likeness (QED) is 0.441. The first kappa shape index (κ1) is 24.5. The number of amides is 2. The van der Waals surface area contributed by atoms with Crippen molar-refractivity contribution in [1.29, 1.82) is 0 Å². The summed E-state index contributed by atoms with van der Waals surface area (Å²) in [5, 5.41) is 5.03. The number of carbonyl (C=O) groups excluding carboxylic acids is 2. The Hall–Kier alpha value is -3.63. The standard InChI is InChI=1S/C25H31N5O5/c1-28-22-15-23(21(25(26)32)14-18(22)16-27-28)35-20-6-4-19(5-7-20)34-13-3-8-29-9-11-30(12-10-29)24(31)17-33-2/h4-7,14-16H,3,8-13,17H2,1-2H3,(H2,26,32). The lowest BCUT2D eigenvalue weighted by molar-refractivity contribution is -0.136. The topological polar surface area (TPSA) is 112 Å². The highest BCUT2D eigenvalue weighted by Gasteiger charge is 2.20. The van der Waals surface area contributed by atoms with E-state index in [2.05, 4.69) is 10.00 Å². The van der Waals surface area contributed by atoms with Crippen LogP contribution in [-0.2, 0) is 16.6 Å². The highest BCUT2D eigenvalue weighted by atomic mass is 16.5. The second-order valence-electron chi connectivity index (χ2n) is 8.47. The molecule has 35 heavy (non-hydrogen) atoms. The summed E-state index contributed by atoms with van der Waals surface area (Å²) in [5.74, 6) is 1.18. The first-order valence-electron chi connectivity index (χ1n) is 11.6. The number of methoxy groups -OCH3 is 1. The molecule has 0 spiro atoms. The molecule has 3 aromatic rings. The van der Waals surface area contributed by atoms with E-state index >= 15 is 0 Å². The molecule has 1 aliphatic rings. The monoisotopic (exact) mass is 481 g/mol. The molecule has 0 radical (unpaired) electrons. The van der Waals surface area contributed by atoms with Gasteiger partial charge in [-0.3, -0.25) is 19.2 Å². The number of piperazine rings is 1. The van der Waals surface area contributed by atoms with E-state index in [1.807, 2.05) is 24.1 Å². The Bertz CT molecular complexity index is 1170. The first-order valence-corrected chi connectivity index (χ1v) is 11.6. The minimum Gasteiger partial charge on any atom is -0.494 e. The fourth-order valence-electron chi connectivity index (χ4n) is 4.10. The van der Waals surface area contributed by atoms with Crippen molar-refractivity contribution in [2.24, 2.45) is 12.8 Å². The highest BCUT2D eigenvalue weighted by molar-refractivity contribution is 6.00. The molecule has 0 unspecified atom stereocenters. The molecular formula is C25H31N5O5. The number of hydrogen-bond acceptors (Lipinski definition) is 7. The van der Waals surface area contributed by atoms with Gasteiger partial charge in [-0.1, -0.05) is 0 Å². The van der Waals surface area contributed by atoms with E-state index in [4.69, 9.17) is 19.9 Å². The number of hydrogen-bond donors (Lipinski definition) is 1. The van der Waals surface area contributed by atoms with E-state index in [1.165, 1.54) is 7.11 Å². The number of aromatic nitrogens is 2. The molecular weight excluding hydrogens is 450 g/mol. The van der Waals surface area contributed by atoms with Crippen LogP contribution in [0.1, 0.15) is 16.8 Å². The van der Waals surface area contributed by atoms with Gasteiger partial charge in [-0.2, -0.15) is 5.10 Å². The van der Waals surface area contributed by atoms with Crippen LogP contribution in [-0.4, -0.2) is 84.4 Å². The van der Waals surface area contributed by atoms with Gasteiger partial charge in [0.05, 0.1) is 23.9 Å². The number of rotatable bonds is 10. The fourth-order valence-corrected chi connectivity index (χ4v) is 4.10. The Morgan fingerprint density at radius 1 is 1.06 bits per heavy atom. The molecule has 1 fully saturated rings. The molecule has 4 rings (SSSR count). The normalized spacial score (nSPS) is 14.3.